The van der Waals surface area contributed by atoms with Crippen LogP contribution < -0.4 is 4.74 Å². The zero-order chi connectivity index (χ0) is 17.3. The van der Waals surface area contributed by atoms with Gasteiger partial charge in [-0.25, -0.2) is 9.18 Å². The van der Waals surface area contributed by atoms with Crippen molar-refractivity contribution in [2.75, 3.05) is 26.3 Å². The monoisotopic (exact) mass is 377 g/mol. The van der Waals surface area contributed by atoms with Crippen molar-refractivity contribution >= 4 is 29.2 Å². The number of halogens is 3. The van der Waals surface area contributed by atoms with Crippen molar-refractivity contribution < 1.29 is 18.7 Å². The molecule has 24 heavy (non-hydrogen) atoms. The van der Waals surface area contributed by atoms with Gasteiger partial charge in [0.25, 0.3) is 0 Å². The fourth-order valence-corrected chi connectivity index (χ4v) is 4.00. The maximum atomic E-state index is 13.7. The lowest BCUT2D eigenvalue weighted by Gasteiger charge is -2.30. The van der Waals surface area contributed by atoms with Crippen LogP contribution in [0.1, 0.15) is 36.5 Å². The maximum Gasteiger partial charge on any atom is 0.344 e. The third-order valence-corrected chi connectivity index (χ3v) is 5.06. The molecule has 1 aromatic heterocycles. The van der Waals surface area contributed by atoms with Gasteiger partial charge >= 0.3 is 12.0 Å². The summed E-state index contributed by atoms with van der Waals surface area (Å²) in [6.07, 6.45) is 1.49. The van der Waals surface area contributed by atoms with E-state index in [2.05, 4.69) is 14.9 Å². The number of rotatable bonds is 5. The molecule has 0 saturated carbocycles. The minimum absolute atomic E-state index is 0.0263. The first-order chi connectivity index (χ1) is 11.4. The summed E-state index contributed by atoms with van der Waals surface area (Å²) in [6, 6.07) is -0.0263. The molecular formula is C15H18Cl2FN3O3. The molecule has 0 unspecified atom stereocenters. The molecule has 0 radical (unpaired) electrons. The molecule has 6 nitrogen and oxygen atoms in total. The van der Waals surface area contributed by atoms with Gasteiger partial charge in [0, 0.05) is 13.0 Å². The number of nitrogens with zero attached hydrogens (tertiary/aromatic N) is 3. The average Bonchev–Trinajstić information content (AvgIpc) is 3.00. The number of aromatic nitrogens is 2. The second-order valence-corrected chi connectivity index (χ2v) is 6.76. The molecule has 2 fully saturated rings. The Morgan fingerprint density at radius 2 is 2.12 bits per heavy atom. The van der Waals surface area contributed by atoms with E-state index in [1.165, 1.54) is 0 Å². The molecule has 9 heteroatoms. The van der Waals surface area contributed by atoms with Gasteiger partial charge in [0.1, 0.15) is 18.3 Å². The zero-order valence-corrected chi connectivity index (χ0v) is 14.7. The second-order valence-electron chi connectivity index (χ2n) is 6.05. The van der Waals surface area contributed by atoms with Gasteiger partial charge < -0.3 is 9.47 Å². The summed E-state index contributed by atoms with van der Waals surface area (Å²) in [5.74, 6) is -0.685. The van der Waals surface area contributed by atoms with Gasteiger partial charge in [0.05, 0.1) is 12.1 Å². The van der Waals surface area contributed by atoms with E-state index in [-0.39, 0.29) is 40.6 Å². The fraction of sp³-hybridized carbons (Fsp3) is 0.667. The Kier molecular flexibility index (Phi) is 5.13. The molecule has 0 spiro atoms. The highest BCUT2D eigenvalue weighted by Crippen LogP contribution is 2.40. The summed E-state index contributed by atoms with van der Waals surface area (Å²) >= 11 is 12.0. The van der Waals surface area contributed by atoms with E-state index in [0.29, 0.717) is 13.0 Å². The van der Waals surface area contributed by atoms with Gasteiger partial charge in [0.15, 0.2) is 10.3 Å². The maximum absolute atomic E-state index is 13.7. The van der Waals surface area contributed by atoms with Crippen LogP contribution in [0.2, 0.25) is 10.3 Å². The van der Waals surface area contributed by atoms with Crippen molar-refractivity contribution in [1.29, 1.82) is 0 Å². The molecule has 3 rings (SSSR count). The topological polar surface area (TPSA) is 64.6 Å². The Balaban J connectivity index is 1.73. The van der Waals surface area contributed by atoms with Crippen LogP contribution in [0.3, 0.4) is 0 Å². The molecule has 2 aliphatic heterocycles. The standard InChI is InChI=1S/C15H18Cl2FN3O3/c1-2-23-13(22)10-11(16)19-14(20-12(10)17)24-8-15-4-3-5-21(15)7-9(18)6-15/h9H,2-8H2,1H3/t9-,15+/m1/s1. The molecule has 0 aromatic carbocycles. The van der Waals surface area contributed by atoms with Gasteiger partial charge in [-0.3, -0.25) is 4.90 Å². The van der Waals surface area contributed by atoms with Gasteiger partial charge in [-0.05, 0) is 26.3 Å². The number of ether oxygens (including phenoxy) is 2. The number of alkyl halides is 1. The zero-order valence-electron chi connectivity index (χ0n) is 13.2. The van der Waals surface area contributed by atoms with Crippen LogP contribution in [0.15, 0.2) is 0 Å². The van der Waals surface area contributed by atoms with Crippen molar-refractivity contribution in [2.45, 2.75) is 37.9 Å². The number of fused-ring (bicyclic) bond motifs is 1. The smallest absolute Gasteiger partial charge is 0.344 e. The first kappa shape index (κ1) is 17.6. The number of hydrogen-bond acceptors (Lipinski definition) is 6. The normalized spacial score (nSPS) is 26.4. The number of carbonyl (C=O) groups excluding carboxylic acids is 1. The van der Waals surface area contributed by atoms with E-state index in [9.17, 15) is 9.18 Å². The third-order valence-electron chi connectivity index (χ3n) is 4.51. The highest BCUT2D eigenvalue weighted by molar-refractivity contribution is 6.37. The number of hydrogen-bond donors (Lipinski definition) is 0. The summed E-state index contributed by atoms with van der Waals surface area (Å²) in [5, 5.41) is -0.252. The largest absolute Gasteiger partial charge is 0.462 e. The van der Waals surface area contributed by atoms with Crippen LogP contribution in [0.4, 0.5) is 4.39 Å². The van der Waals surface area contributed by atoms with E-state index >= 15 is 0 Å². The van der Waals surface area contributed by atoms with E-state index in [1.807, 2.05) is 0 Å². The van der Waals surface area contributed by atoms with Crippen LogP contribution in [0.5, 0.6) is 6.01 Å². The molecule has 2 atom stereocenters. The average molecular weight is 378 g/mol. The quantitative estimate of drug-likeness (QED) is 0.580. The number of esters is 1. The van der Waals surface area contributed by atoms with Crippen LogP contribution in [0.25, 0.3) is 0 Å². The van der Waals surface area contributed by atoms with E-state index in [4.69, 9.17) is 32.7 Å². The molecular weight excluding hydrogens is 360 g/mol. The SMILES string of the molecule is CCOC(=O)c1c(Cl)nc(OC[C@@]23CCCN2C[C@H](F)C3)nc1Cl. The molecule has 0 bridgehead atoms. The Hall–Kier alpha value is -1.18. The lowest BCUT2D eigenvalue weighted by atomic mass is 9.95. The summed E-state index contributed by atoms with van der Waals surface area (Å²) in [5.41, 5.74) is -0.403. The molecule has 2 aliphatic rings. The van der Waals surface area contributed by atoms with E-state index < -0.39 is 12.1 Å². The highest BCUT2D eigenvalue weighted by Gasteiger charge is 2.49. The van der Waals surface area contributed by atoms with Crippen LogP contribution in [0, 0.1) is 0 Å². The van der Waals surface area contributed by atoms with Crippen molar-refractivity contribution in [2.24, 2.45) is 0 Å². The summed E-state index contributed by atoms with van der Waals surface area (Å²) in [7, 11) is 0. The molecule has 3 heterocycles. The van der Waals surface area contributed by atoms with Gasteiger partial charge in [-0.1, -0.05) is 23.2 Å². The third kappa shape index (κ3) is 3.30. The van der Waals surface area contributed by atoms with Gasteiger partial charge in [0.2, 0.25) is 0 Å². The number of carbonyl (C=O) groups is 1. The predicted octanol–water partition coefficient (Wildman–Crippen LogP) is 2.92. The summed E-state index contributed by atoms with van der Waals surface area (Å²) in [4.78, 5) is 21.8. The minimum atomic E-state index is -0.840. The Bertz CT molecular complexity index is 625. The predicted molar refractivity (Wildman–Crippen MR) is 86.6 cm³/mol. The molecule has 0 aliphatic carbocycles. The highest BCUT2D eigenvalue weighted by atomic mass is 35.5. The lowest BCUT2D eigenvalue weighted by molar-refractivity contribution is 0.0525. The molecule has 0 amide bonds. The summed E-state index contributed by atoms with van der Waals surface area (Å²) in [6.45, 7) is 3.43. The van der Waals surface area contributed by atoms with Gasteiger partial charge in [-0.15, -0.1) is 0 Å². The van der Waals surface area contributed by atoms with Crippen LogP contribution >= 0.6 is 23.2 Å². The van der Waals surface area contributed by atoms with Crippen LogP contribution in [-0.2, 0) is 4.74 Å². The van der Waals surface area contributed by atoms with Crippen molar-refractivity contribution in [3.05, 3.63) is 15.9 Å². The minimum Gasteiger partial charge on any atom is -0.462 e. The molecule has 0 N–H and O–H groups in total. The van der Waals surface area contributed by atoms with E-state index in [1.54, 1.807) is 6.92 Å². The molecule has 2 saturated heterocycles. The van der Waals surface area contributed by atoms with E-state index in [0.717, 1.165) is 19.4 Å². The van der Waals surface area contributed by atoms with Crippen molar-refractivity contribution in [3.63, 3.8) is 0 Å². The van der Waals surface area contributed by atoms with Crippen molar-refractivity contribution in [1.82, 2.24) is 14.9 Å². The first-order valence-corrected chi connectivity index (χ1v) is 8.63. The van der Waals surface area contributed by atoms with Gasteiger partial charge in [-0.2, -0.15) is 9.97 Å². The molecule has 132 valence electrons. The first-order valence-electron chi connectivity index (χ1n) is 7.87. The Morgan fingerprint density at radius 3 is 2.79 bits per heavy atom. The second kappa shape index (κ2) is 6.98. The van der Waals surface area contributed by atoms with Crippen LogP contribution in [-0.4, -0.2) is 58.9 Å². The lowest BCUT2D eigenvalue weighted by Crippen LogP contribution is -2.43. The summed E-state index contributed by atoms with van der Waals surface area (Å²) < 4.78 is 24.2. The Morgan fingerprint density at radius 1 is 1.42 bits per heavy atom. The molecule has 1 aromatic rings. The fourth-order valence-electron chi connectivity index (χ4n) is 3.47. The van der Waals surface area contributed by atoms with Crippen molar-refractivity contribution in [3.8, 4) is 6.01 Å². The Labute approximate surface area is 149 Å².